The Morgan fingerprint density at radius 3 is 1.50 bits per heavy atom. The summed E-state index contributed by atoms with van der Waals surface area (Å²) in [5, 5.41) is 5.09. The van der Waals surface area contributed by atoms with Crippen molar-refractivity contribution in [3.63, 3.8) is 0 Å². The summed E-state index contributed by atoms with van der Waals surface area (Å²) >= 11 is 0. The number of hydrogen-bond acceptors (Lipinski definition) is 6. The molecule has 2 amide bonds. The molecule has 0 heterocycles. The van der Waals surface area contributed by atoms with Crippen LogP contribution < -0.4 is 10.6 Å². The molecule has 10 heteroatoms. The Morgan fingerprint density at radius 2 is 1.21 bits per heavy atom. The molecule has 0 bridgehead atoms. The fourth-order valence-electron chi connectivity index (χ4n) is 2.11. The number of rotatable bonds is 9. The number of ether oxygens (including phenoxy) is 2. The highest BCUT2D eigenvalue weighted by Crippen LogP contribution is 2.09. The van der Waals surface area contributed by atoms with E-state index in [1.807, 2.05) is 13.8 Å². The van der Waals surface area contributed by atoms with E-state index < -0.39 is 33.4 Å². The van der Waals surface area contributed by atoms with Gasteiger partial charge in [0.25, 0.3) is 0 Å². The molecule has 2 N–H and O–H groups in total. The van der Waals surface area contributed by atoms with Crippen LogP contribution >= 0.6 is 0 Å². The van der Waals surface area contributed by atoms with Gasteiger partial charge in [-0.15, -0.1) is 0 Å². The lowest BCUT2D eigenvalue weighted by atomic mass is 10.2. The van der Waals surface area contributed by atoms with Crippen LogP contribution in [-0.2, 0) is 19.5 Å². The van der Waals surface area contributed by atoms with E-state index in [1.54, 1.807) is 41.5 Å². The second-order valence-corrected chi connectivity index (χ2v) is 10.9. The van der Waals surface area contributed by atoms with Crippen molar-refractivity contribution >= 4 is 22.2 Å². The quantitative estimate of drug-likeness (QED) is 0.588. The van der Waals surface area contributed by atoms with Crippen molar-refractivity contribution in [1.82, 2.24) is 14.9 Å². The van der Waals surface area contributed by atoms with Crippen molar-refractivity contribution < 1.29 is 27.5 Å². The van der Waals surface area contributed by atoms with Gasteiger partial charge < -0.3 is 20.1 Å². The van der Waals surface area contributed by atoms with Crippen LogP contribution in [0.2, 0.25) is 0 Å². The molecular weight excluding hydrogens is 386 g/mol. The number of nitrogens with zero attached hydrogens (tertiary/aromatic N) is 1. The van der Waals surface area contributed by atoms with Crippen molar-refractivity contribution in [3.05, 3.63) is 0 Å². The molecule has 0 aromatic heterocycles. The molecule has 0 aliphatic carbocycles. The highest BCUT2D eigenvalue weighted by molar-refractivity contribution is 7.89. The summed E-state index contributed by atoms with van der Waals surface area (Å²) < 4.78 is 36.7. The zero-order valence-corrected chi connectivity index (χ0v) is 19.2. The average Bonchev–Trinajstić information content (AvgIpc) is 2.40. The van der Waals surface area contributed by atoms with E-state index in [0.29, 0.717) is 0 Å². The second-order valence-electron chi connectivity index (χ2n) is 8.93. The molecule has 0 aromatic carbocycles. The molecule has 28 heavy (non-hydrogen) atoms. The van der Waals surface area contributed by atoms with E-state index in [2.05, 4.69) is 10.6 Å². The maximum Gasteiger partial charge on any atom is 0.407 e. The smallest absolute Gasteiger partial charge is 0.407 e. The molecule has 166 valence electrons. The van der Waals surface area contributed by atoms with Crippen LogP contribution in [0.4, 0.5) is 9.59 Å². The zero-order valence-electron chi connectivity index (χ0n) is 18.4. The lowest BCUT2D eigenvalue weighted by Crippen LogP contribution is -2.45. The molecule has 0 aliphatic rings. The number of alkyl carbamates (subject to hydrolysis) is 2. The number of sulfonamides is 1. The molecule has 0 saturated heterocycles. The van der Waals surface area contributed by atoms with Gasteiger partial charge in [-0.3, -0.25) is 0 Å². The third-order valence-electron chi connectivity index (χ3n) is 3.00. The average molecular weight is 424 g/mol. The van der Waals surface area contributed by atoms with Gasteiger partial charge in [-0.25, -0.2) is 18.0 Å². The van der Waals surface area contributed by atoms with Crippen molar-refractivity contribution in [2.45, 2.75) is 66.6 Å². The van der Waals surface area contributed by atoms with Crippen molar-refractivity contribution in [2.75, 3.05) is 31.9 Å². The van der Waals surface area contributed by atoms with Crippen LogP contribution in [0.3, 0.4) is 0 Å². The highest BCUT2D eigenvalue weighted by Gasteiger charge is 2.24. The Bertz CT molecular complexity index is 572. The molecule has 0 atom stereocenters. The lowest BCUT2D eigenvalue weighted by Gasteiger charge is -2.25. The van der Waals surface area contributed by atoms with E-state index in [1.165, 1.54) is 4.31 Å². The van der Waals surface area contributed by atoms with Crippen LogP contribution in [0.15, 0.2) is 0 Å². The summed E-state index contributed by atoms with van der Waals surface area (Å²) in [6.45, 7) is 14.4. The minimum atomic E-state index is -3.54. The largest absolute Gasteiger partial charge is 0.444 e. The minimum Gasteiger partial charge on any atom is -0.444 e. The number of hydrogen-bond donors (Lipinski definition) is 2. The fraction of sp³-hybridized carbons (Fsp3) is 0.889. The third kappa shape index (κ3) is 13.6. The summed E-state index contributed by atoms with van der Waals surface area (Å²) in [5.41, 5.74) is -1.27. The Kier molecular flexibility index (Phi) is 10.2. The predicted molar refractivity (Wildman–Crippen MR) is 109 cm³/mol. The SMILES string of the molecule is CC(C)CS(=O)(=O)N(CCNC(=O)OC(C)(C)C)CCNC(=O)OC(C)(C)C. The fourth-order valence-corrected chi connectivity index (χ4v) is 3.90. The maximum absolute atomic E-state index is 12.6. The summed E-state index contributed by atoms with van der Waals surface area (Å²) in [6.07, 6.45) is -1.22. The lowest BCUT2D eigenvalue weighted by molar-refractivity contribution is 0.0520. The first-order valence-electron chi connectivity index (χ1n) is 9.43. The van der Waals surface area contributed by atoms with E-state index in [9.17, 15) is 18.0 Å². The third-order valence-corrected chi connectivity index (χ3v) is 5.24. The summed E-state index contributed by atoms with van der Waals surface area (Å²) in [6, 6.07) is 0. The second kappa shape index (κ2) is 10.8. The van der Waals surface area contributed by atoms with E-state index in [0.717, 1.165) is 0 Å². The van der Waals surface area contributed by atoms with Crippen LogP contribution in [0, 0.1) is 5.92 Å². The number of carbonyl (C=O) groups excluding carboxylic acids is 2. The molecule has 0 fully saturated rings. The van der Waals surface area contributed by atoms with Gasteiger partial charge in [0, 0.05) is 26.2 Å². The zero-order chi connectivity index (χ0) is 22.2. The molecule has 9 nitrogen and oxygen atoms in total. The van der Waals surface area contributed by atoms with Crippen LogP contribution in [-0.4, -0.2) is 68.0 Å². The molecule has 0 spiro atoms. The highest BCUT2D eigenvalue weighted by atomic mass is 32.2. The number of nitrogens with one attached hydrogen (secondary N) is 2. The topological polar surface area (TPSA) is 114 Å². The van der Waals surface area contributed by atoms with Gasteiger partial charge in [-0.05, 0) is 47.5 Å². The van der Waals surface area contributed by atoms with Gasteiger partial charge >= 0.3 is 12.2 Å². The van der Waals surface area contributed by atoms with Gasteiger partial charge in [0.15, 0.2) is 0 Å². The van der Waals surface area contributed by atoms with Gasteiger partial charge in [-0.2, -0.15) is 4.31 Å². The maximum atomic E-state index is 12.6. The minimum absolute atomic E-state index is 0.0219. The summed E-state index contributed by atoms with van der Waals surface area (Å²) in [7, 11) is -3.54. The molecular formula is C18H37N3O6S. The number of carbonyl (C=O) groups is 2. The Labute approximate surface area is 169 Å². The van der Waals surface area contributed by atoms with E-state index in [-0.39, 0.29) is 37.8 Å². The molecule has 0 unspecified atom stereocenters. The Balaban J connectivity index is 4.77. The molecule has 0 radical (unpaired) electrons. The number of amides is 2. The van der Waals surface area contributed by atoms with Gasteiger partial charge in [-0.1, -0.05) is 13.8 Å². The normalized spacial score (nSPS) is 12.8. The van der Waals surface area contributed by atoms with Gasteiger partial charge in [0.1, 0.15) is 11.2 Å². The standard InChI is InChI=1S/C18H37N3O6S/c1-14(2)13-28(24,25)21(11-9-19-15(22)26-17(3,4)5)12-10-20-16(23)27-18(6,7)8/h14H,9-13H2,1-8H3,(H,19,22)(H,20,23). The van der Waals surface area contributed by atoms with Gasteiger partial charge in [0.05, 0.1) is 5.75 Å². The Morgan fingerprint density at radius 1 is 0.857 bits per heavy atom. The predicted octanol–water partition coefficient (Wildman–Crippen LogP) is 2.32. The first-order chi connectivity index (χ1) is 12.5. The van der Waals surface area contributed by atoms with E-state index in [4.69, 9.17) is 9.47 Å². The van der Waals surface area contributed by atoms with Crippen molar-refractivity contribution in [3.8, 4) is 0 Å². The molecule has 0 saturated carbocycles. The van der Waals surface area contributed by atoms with Gasteiger partial charge in [0.2, 0.25) is 10.0 Å². The Hall–Kier alpha value is -1.55. The first-order valence-corrected chi connectivity index (χ1v) is 11.0. The summed E-state index contributed by atoms with van der Waals surface area (Å²) in [4.78, 5) is 23.5. The van der Waals surface area contributed by atoms with Crippen LogP contribution in [0.5, 0.6) is 0 Å². The first kappa shape index (κ1) is 26.4. The van der Waals surface area contributed by atoms with E-state index >= 15 is 0 Å². The summed E-state index contributed by atoms with van der Waals surface area (Å²) in [5.74, 6) is -0.0728. The molecule has 0 rings (SSSR count). The molecule has 0 aromatic rings. The molecule has 0 aliphatic heterocycles. The van der Waals surface area contributed by atoms with Crippen LogP contribution in [0.25, 0.3) is 0 Å². The van der Waals surface area contributed by atoms with Crippen molar-refractivity contribution in [1.29, 1.82) is 0 Å². The van der Waals surface area contributed by atoms with Crippen molar-refractivity contribution in [2.24, 2.45) is 5.92 Å². The monoisotopic (exact) mass is 423 g/mol. The van der Waals surface area contributed by atoms with Crippen LogP contribution in [0.1, 0.15) is 55.4 Å².